The molecule has 4 heteroatoms. The number of aromatic nitrogens is 1. The Labute approximate surface area is 154 Å². The van der Waals surface area contributed by atoms with Gasteiger partial charge in [-0.05, 0) is 18.1 Å². The van der Waals surface area contributed by atoms with Crippen molar-refractivity contribution in [2.75, 3.05) is 13.1 Å². The second kappa shape index (κ2) is 6.04. The van der Waals surface area contributed by atoms with Crippen LogP contribution in [0.5, 0.6) is 0 Å². The van der Waals surface area contributed by atoms with Gasteiger partial charge in [0.25, 0.3) is 0 Å². The Morgan fingerprint density at radius 3 is 2.92 bits per heavy atom. The maximum absolute atomic E-state index is 10.5. The van der Waals surface area contributed by atoms with Crippen LogP contribution in [0.1, 0.15) is 38.4 Å². The van der Waals surface area contributed by atoms with Gasteiger partial charge in [-0.2, -0.15) is 0 Å². The lowest BCUT2D eigenvalue weighted by molar-refractivity contribution is 0.336. The number of benzene rings is 1. The van der Waals surface area contributed by atoms with Crippen LogP contribution >= 0.6 is 0 Å². The van der Waals surface area contributed by atoms with Gasteiger partial charge in [0, 0.05) is 46.6 Å². The highest BCUT2D eigenvalue weighted by Gasteiger charge is 2.33. The van der Waals surface area contributed by atoms with Crippen LogP contribution in [-0.4, -0.2) is 33.8 Å². The van der Waals surface area contributed by atoms with E-state index in [1.165, 1.54) is 16.6 Å². The minimum Gasteiger partial charge on any atom is -0.492 e. The predicted molar refractivity (Wildman–Crippen MR) is 108 cm³/mol. The summed E-state index contributed by atoms with van der Waals surface area (Å²) in [6.45, 7) is 12.3. The molecule has 4 rings (SSSR count). The van der Waals surface area contributed by atoms with Crippen LogP contribution in [-0.2, 0) is 11.8 Å². The van der Waals surface area contributed by atoms with Crippen LogP contribution in [0.15, 0.2) is 53.5 Å². The number of rotatable bonds is 4. The van der Waals surface area contributed by atoms with Crippen LogP contribution < -0.4 is 0 Å². The van der Waals surface area contributed by atoms with Crippen LogP contribution in [0, 0.1) is 5.92 Å². The van der Waals surface area contributed by atoms with Gasteiger partial charge in [0.2, 0.25) is 5.88 Å². The van der Waals surface area contributed by atoms with E-state index in [4.69, 9.17) is 0 Å². The van der Waals surface area contributed by atoms with E-state index >= 15 is 0 Å². The van der Waals surface area contributed by atoms with E-state index in [2.05, 4.69) is 66.5 Å². The molecule has 0 radical (unpaired) electrons. The molecule has 0 spiro atoms. The lowest BCUT2D eigenvalue weighted by Crippen LogP contribution is -2.32. The molecule has 1 fully saturated rings. The summed E-state index contributed by atoms with van der Waals surface area (Å²) in [5, 5.41) is 11.7. The fourth-order valence-corrected chi connectivity index (χ4v) is 4.24. The van der Waals surface area contributed by atoms with Crippen LogP contribution in [0.4, 0.5) is 0 Å². The fourth-order valence-electron chi connectivity index (χ4n) is 4.24. The van der Waals surface area contributed by atoms with Crippen LogP contribution in [0.3, 0.4) is 0 Å². The van der Waals surface area contributed by atoms with Crippen molar-refractivity contribution in [1.29, 1.82) is 0 Å². The average Bonchev–Trinajstić information content (AvgIpc) is 3.17. The van der Waals surface area contributed by atoms with E-state index in [1.807, 2.05) is 6.08 Å². The molecule has 3 heterocycles. The normalized spacial score (nSPS) is 20.5. The molecule has 2 N–H and O–H groups in total. The number of hydrogen-bond donors (Lipinski definition) is 2. The second-order valence-electron chi connectivity index (χ2n) is 8.12. The maximum atomic E-state index is 10.5. The molecular weight excluding hydrogens is 322 g/mol. The highest BCUT2D eigenvalue weighted by Crippen LogP contribution is 2.35. The number of H-pyrrole nitrogens is 1. The largest absolute Gasteiger partial charge is 0.492 e. The second-order valence-corrected chi connectivity index (χ2v) is 8.12. The number of allylic oxidation sites excluding steroid dienone is 2. The zero-order valence-electron chi connectivity index (χ0n) is 15.8. The minimum absolute atomic E-state index is 0.158. The molecule has 0 amide bonds. The first kappa shape index (κ1) is 17.0. The summed E-state index contributed by atoms with van der Waals surface area (Å²) in [6, 6.07) is 8.40. The predicted octanol–water partition coefficient (Wildman–Crippen LogP) is 4.70. The summed E-state index contributed by atoms with van der Waals surface area (Å²) in [5.74, 6) is 0.601. The zero-order valence-corrected chi connectivity index (χ0v) is 15.8. The summed E-state index contributed by atoms with van der Waals surface area (Å²) < 4.78 is 0. The van der Waals surface area contributed by atoms with Crippen molar-refractivity contribution >= 4 is 16.6 Å². The Kier molecular flexibility index (Phi) is 3.94. The summed E-state index contributed by atoms with van der Waals surface area (Å²) in [7, 11) is 0. The van der Waals surface area contributed by atoms with Crippen LogP contribution in [0.25, 0.3) is 10.9 Å². The zero-order chi connectivity index (χ0) is 18.5. The van der Waals surface area contributed by atoms with E-state index in [1.54, 1.807) is 0 Å². The fraction of sp³-hybridized carbons (Fsp3) is 0.409. The molecule has 4 nitrogen and oxygen atoms in total. The molecule has 0 unspecified atom stereocenters. The Morgan fingerprint density at radius 1 is 1.38 bits per heavy atom. The van der Waals surface area contributed by atoms with Crippen molar-refractivity contribution in [3.63, 3.8) is 0 Å². The van der Waals surface area contributed by atoms with Gasteiger partial charge in [0.1, 0.15) is 0 Å². The molecule has 26 heavy (non-hydrogen) atoms. The van der Waals surface area contributed by atoms with E-state index in [0.29, 0.717) is 5.92 Å². The summed E-state index contributed by atoms with van der Waals surface area (Å²) in [4.78, 5) is 10.5. The number of hydrogen-bond acceptors (Lipinski definition) is 3. The SMILES string of the molecule is C=CC(C)(C)c1[nH]c2ccccc2c1CC1=NC(O)=C2[C@@H](C)CCN2C1. The Balaban J connectivity index is 1.77. The summed E-state index contributed by atoms with van der Waals surface area (Å²) in [5.41, 5.74) is 5.45. The third kappa shape index (κ3) is 2.64. The third-order valence-corrected chi connectivity index (χ3v) is 5.86. The maximum Gasteiger partial charge on any atom is 0.230 e. The molecule has 1 aromatic carbocycles. The van der Waals surface area contributed by atoms with Gasteiger partial charge in [-0.25, -0.2) is 4.99 Å². The van der Waals surface area contributed by atoms with E-state index < -0.39 is 0 Å². The number of aliphatic imine (C=N–C) groups is 1. The number of aliphatic hydroxyl groups excluding tert-OH is 1. The molecule has 2 aromatic rings. The number of nitrogens with one attached hydrogen (secondary N) is 1. The molecule has 136 valence electrons. The van der Waals surface area contributed by atoms with Gasteiger partial charge in [0.15, 0.2) is 0 Å². The van der Waals surface area contributed by atoms with Crippen LogP contribution in [0.2, 0.25) is 0 Å². The van der Waals surface area contributed by atoms with Crippen molar-refractivity contribution in [3.8, 4) is 0 Å². The van der Waals surface area contributed by atoms with Crippen molar-refractivity contribution < 1.29 is 5.11 Å². The van der Waals surface area contributed by atoms with Gasteiger partial charge in [0.05, 0.1) is 12.2 Å². The minimum atomic E-state index is -0.158. The van der Waals surface area contributed by atoms with Gasteiger partial charge in [-0.1, -0.05) is 45.0 Å². The molecule has 0 bridgehead atoms. The van der Waals surface area contributed by atoms with Crippen molar-refractivity contribution in [2.24, 2.45) is 10.9 Å². The Hall–Kier alpha value is -2.49. The highest BCUT2D eigenvalue weighted by molar-refractivity contribution is 5.95. The third-order valence-electron chi connectivity index (χ3n) is 5.86. The molecule has 2 aliphatic rings. The Bertz CT molecular complexity index is 932. The number of para-hydroxylation sites is 1. The van der Waals surface area contributed by atoms with E-state index in [9.17, 15) is 5.11 Å². The first-order chi connectivity index (χ1) is 12.4. The lowest BCUT2D eigenvalue weighted by atomic mass is 9.85. The number of nitrogens with zero attached hydrogens (tertiary/aromatic N) is 2. The number of aromatic amines is 1. The van der Waals surface area contributed by atoms with Crippen molar-refractivity contribution in [1.82, 2.24) is 9.88 Å². The van der Waals surface area contributed by atoms with Gasteiger partial charge in [-0.15, -0.1) is 6.58 Å². The molecular formula is C22H27N3O. The van der Waals surface area contributed by atoms with E-state index in [-0.39, 0.29) is 11.3 Å². The molecule has 0 saturated carbocycles. The average molecular weight is 349 g/mol. The number of aliphatic hydroxyl groups is 1. The molecule has 1 aromatic heterocycles. The summed E-state index contributed by atoms with van der Waals surface area (Å²) >= 11 is 0. The van der Waals surface area contributed by atoms with Crippen molar-refractivity contribution in [3.05, 3.63) is 59.8 Å². The standard InChI is InChI=1S/C22H27N3O/c1-5-22(3,4)20-17(16-8-6-7-9-18(16)24-20)12-15-13-25-11-10-14(2)19(25)21(26)23-15/h5-9,14,24,26H,1,10-13H2,2-4H3/t14-/m0/s1. The summed E-state index contributed by atoms with van der Waals surface area (Å²) in [6.07, 6.45) is 3.81. The van der Waals surface area contributed by atoms with Gasteiger partial charge < -0.3 is 15.0 Å². The molecule has 1 atom stereocenters. The van der Waals surface area contributed by atoms with Gasteiger partial charge >= 0.3 is 0 Å². The first-order valence-corrected chi connectivity index (χ1v) is 9.39. The lowest BCUT2D eigenvalue weighted by Gasteiger charge is -2.27. The molecule has 2 aliphatic heterocycles. The topological polar surface area (TPSA) is 51.6 Å². The van der Waals surface area contributed by atoms with Crippen molar-refractivity contribution in [2.45, 2.75) is 39.0 Å². The molecule has 0 aliphatic carbocycles. The Morgan fingerprint density at radius 2 is 2.15 bits per heavy atom. The van der Waals surface area contributed by atoms with E-state index in [0.717, 1.165) is 42.9 Å². The van der Waals surface area contributed by atoms with Gasteiger partial charge in [-0.3, -0.25) is 0 Å². The monoisotopic (exact) mass is 349 g/mol. The smallest absolute Gasteiger partial charge is 0.230 e. The highest BCUT2D eigenvalue weighted by atomic mass is 16.3. The quantitative estimate of drug-likeness (QED) is 0.786. The number of fused-ring (bicyclic) bond motifs is 2. The molecule has 1 saturated heterocycles. The first-order valence-electron chi connectivity index (χ1n) is 9.39.